The highest BCUT2D eigenvalue weighted by Crippen LogP contribution is 2.23. The quantitative estimate of drug-likeness (QED) is 0.849. The Balaban J connectivity index is 1.86. The second kappa shape index (κ2) is 5.63. The van der Waals surface area contributed by atoms with Gasteiger partial charge in [0.25, 0.3) is 5.91 Å². The molecule has 1 amide bonds. The van der Waals surface area contributed by atoms with Crippen LogP contribution in [0.4, 0.5) is 0 Å². The van der Waals surface area contributed by atoms with Gasteiger partial charge in [-0.3, -0.25) is 9.78 Å². The number of carbonyl (C=O) groups is 1. The molecule has 5 heteroatoms. The molecule has 0 N–H and O–H groups in total. The van der Waals surface area contributed by atoms with Crippen LogP contribution in [-0.4, -0.2) is 28.9 Å². The SMILES string of the molecule is O=C1c2ccccc2OCCN1Cc1cncc(Br)c1. The zero-order valence-corrected chi connectivity index (χ0v) is 12.3. The van der Waals surface area contributed by atoms with Crippen LogP contribution in [-0.2, 0) is 6.54 Å². The molecule has 0 saturated heterocycles. The average Bonchev–Trinajstić information content (AvgIpc) is 2.60. The molecule has 20 heavy (non-hydrogen) atoms. The van der Waals surface area contributed by atoms with Crippen molar-refractivity contribution in [3.8, 4) is 5.75 Å². The van der Waals surface area contributed by atoms with Crippen molar-refractivity contribution in [2.75, 3.05) is 13.2 Å². The van der Waals surface area contributed by atoms with E-state index in [1.165, 1.54) is 0 Å². The number of fused-ring (bicyclic) bond motifs is 1. The minimum Gasteiger partial charge on any atom is -0.491 e. The van der Waals surface area contributed by atoms with Gasteiger partial charge in [0.2, 0.25) is 0 Å². The van der Waals surface area contributed by atoms with Crippen LogP contribution < -0.4 is 4.74 Å². The third-order valence-corrected chi connectivity index (χ3v) is 3.59. The number of para-hydroxylation sites is 1. The van der Waals surface area contributed by atoms with Gasteiger partial charge in [-0.1, -0.05) is 12.1 Å². The summed E-state index contributed by atoms with van der Waals surface area (Å²) >= 11 is 3.39. The molecule has 2 heterocycles. The number of amides is 1. The molecule has 0 bridgehead atoms. The molecule has 1 aromatic carbocycles. The second-order valence-electron chi connectivity index (χ2n) is 4.58. The molecule has 4 nitrogen and oxygen atoms in total. The molecule has 0 fully saturated rings. The van der Waals surface area contributed by atoms with Crippen molar-refractivity contribution in [2.24, 2.45) is 0 Å². The highest BCUT2D eigenvalue weighted by atomic mass is 79.9. The number of halogens is 1. The van der Waals surface area contributed by atoms with Gasteiger partial charge >= 0.3 is 0 Å². The smallest absolute Gasteiger partial charge is 0.258 e. The number of carbonyl (C=O) groups excluding carboxylic acids is 1. The van der Waals surface area contributed by atoms with Crippen LogP contribution >= 0.6 is 15.9 Å². The molecule has 0 radical (unpaired) electrons. The van der Waals surface area contributed by atoms with E-state index in [0.29, 0.717) is 31.0 Å². The van der Waals surface area contributed by atoms with E-state index in [1.807, 2.05) is 24.3 Å². The van der Waals surface area contributed by atoms with Crippen LogP contribution in [0.3, 0.4) is 0 Å². The summed E-state index contributed by atoms with van der Waals surface area (Å²) in [5, 5.41) is 0. The molecule has 3 rings (SSSR count). The largest absolute Gasteiger partial charge is 0.491 e. The van der Waals surface area contributed by atoms with E-state index in [9.17, 15) is 4.79 Å². The Bertz CT molecular complexity index is 645. The summed E-state index contributed by atoms with van der Waals surface area (Å²) in [6.45, 7) is 1.60. The minimum absolute atomic E-state index is 0.00178. The van der Waals surface area contributed by atoms with Crippen molar-refractivity contribution in [2.45, 2.75) is 6.54 Å². The van der Waals surface area contributed by atoms with Gasteiger partial charge in [0.05, 0.1) is 12.1 Å². The lowest BCUT2D eigenvalue weighted by molar-refractivity contribution is 0.0743. The minimum atomic E-state index is -0.00178. The Kier molecular flexibility index (Phi) is 3.69. The summed E-state index contributed by atoms with van der Waals surface area (Å²) < 4.78 is 6.53. The lowest BCUT2D eigenvalue weighted by atomic mass is 10.1. The molecule has 0 saturated carbocycles. The third-order valence-electron chi connectivity index (χ3n) is 3.16. The van der Waals surface area contributed by atoms with E-state index in [0.717, 1.165) is 10.0 Å². The highest BCUT2D eigenvalue weighted by molar-refractivity contribution is 9.10. The van der Waals surface area contributed by atoms with Gasteiger partial charge in [0.1, 0.15) is 12.4 Å². The maximum Gasteiger partial charge on any atom is 0.258 e. The maximum absolute atomic E-state index is 12.5. The van der Waals surface area contributed by atoms with Crippen LogP contribution in [0.15, 0.2) is 47.2 Å². The van der Waals surface area contributed by atoms with Crippen LogP contribution in [0.2, 0.25) is 0 Å². The van der Waals surface area contributed by atoms with Gasteiger partial charge in [-0.15, -0.1) is 0 Å². The molecule has 0 aliphatic carbocycles. The predicted molar refractivity (Wildman–Crippen MR) is 78.6 cm³/mol. The van der Waals surface area contributed by atoms with E-state index in [2.05, 4.69) is 20.9 Å². The maximum atomic E-state index is 12.5. The van der Waals surface area contributed by atoms with E-state index in [4.69, 9.17) is 4.74 Å². The molecule has 1 aliphatic rings. The Morgan fingerprint density at radius 2 is 2.15 bits per heavy atom. The first-order valence-electron chi connectivity index (χ1n) is 6.34. The summed E-state index contributed by atoms with van der Waals surface area (Å²) in [6, 6.07) is 9.33. The zero-order valence-electron chi connectivity index (χ0n) is 10.8. The van der Waals surface area contributed by atoms with Gasteiger partial charge in [-0.25, -0.2) is 0 Å². The van der Waals surface area contributed by atoms with Gasteiger partial charge < -0.3 is 9.64 Å². The highest BCUT2D eigenvalue weighted by Gasteiger charge is 2.23. The molecular formula is C15H13BrN2O2. The van der Waals surface area contributed by atoms with Crippen LogP contribution in [0.25, 0.3) is 0 Å². The lowest BCUT2D eigenvalue weighted by Crippen LogP contribution is -2.31. The summed E-state index contributed by atoms with van der Waals surface area (Å²) in [5.74, 6) is 0.658. The number of rotatable bonds is 2. The number of aromatic nitrogens is 1. The van der Waals surface area contributed by atoms with E-state index in [1.54, 1.807) is 23.4 Å². The fraction of sp³-hybridized carbons (Fsp3) is 0.200. The first-order valence-corrected chi connectivity index (χ1v) is 7.14. The van der Waals surface area contributed by atoms with Gasteiger partial charge in [-0.2, -0.15) is 0 Å². The van der Waals surface area contributed by atoms with Crippen molar-refractivity contribution in [1.82, 2.24) is 9.88 Å². The molecular weight excluding hydrogens is 320 g/mol. The first kappa shape index (κ1) is 13.1. The van der Waals surface area contributed by atoms with E-state index >= 15 is 0 Å². The number of hydrogen-bond acceptors (Lipinski definition) is 3. The van der Waals surface area contributed by atoms with Crippen molar-refractivity contribution in [3.05, 3.63) is 58.3 Å². The molecule has 0 spiro atoms. The van der Waals surface area contributed by atoms with Crippen molar-refractivity contribution >= 4 is 21.8 Å². The second-order valence-corrected chi connectivity index (χ2v) is 5.50. The van der Waals surface area contributed by atoms with Gasteiger partial charge in [0, 0.05) is 23.4 Å². The normalized spacial score (nSPS) is 14.4. The average molecular weight is 333 g/mol. The predicted octanol–water partition coefficient (Wildman–Crippen LogP) is 2.88. The van der Waals surface area contributed by atoms with Crippen molar-refractivity contribution in [3.63, 3.8) is 0 Å². The number of hydrogen-bond donors (Lipinski definition) is 0. The first-order chi connectivity index (χ1) is 9.74. The fourth-order valence-electron chi connectivity index (χ4n) is 2.22. The summed E-state index contributed by atoms with van der Waals surface area (Å²) in [7, 11) is 0. The van der Waals surface area contributed by atoms with E-state index < -0.39 is 0 Å². The standard InChI is InChI=1S/C15H13BrN2O2/c16-12-7-11(8-17-9-12)10-18-5-6-20-14-4-2-1-3-13(14)15(18)19/h1-4,7-9H,5-6,10H2. The van der Waals surface area contributed by atoms with Gasteiger partial charge in [-0.05, 0) is 39.7 Å². The van der Waals surface area contributed by atoms with Crippen molar-refractivity contribution < 1.29 is 9.53 Å². The molecule has 102 valence electrons. The Morgan fingerprint density at radius 1 is 1.30 bits per heavy atom. The lowest BCUT2D eigenvalue weighted by Gasteiger charge is -2.19. The topological polar surface area (TPSA) is 42.4 Å². The fourth-order valence-corrected chi connectivity index (χ4v) is 2.63. The van der Waals surface area contributed by atoms with Crippen LogP contribution in [0.1, 0.15) is 15.9 Å². The number of benzene rings is 1. The Labute approximate surface area is 125 Å². The number of nitrogens with zero attached hydrogens (tertiary/aromatic N) is 2. The summed E-state index contributed by atoms with van der Waals surface area (Å²) in [5.41, 5.74) is 1.61. The molecule has 0 atom stereocenters. The summed E-state index contributed by atoms with van der Waals surface area (Å²) in [4.78, 5) is 18.5. The number of pyridine rings is 1. The molecule has 1 aliphatic heterocycles. The summed E-state index contributed by atoms with van der Waals surface area (Å²) in [6.07, 6.45) is 3.50. The molecule has 0 unspecified atom stereocenters. The van der Waals surface area contributed by atoms with Gasteiger partial charge in [0.15, 0.2) is 0 Å². The van der Waals surface area contributed by atoms with Crippen LogP contribution in [0.5, 0.6) is 5.75 Å². The monoisotopic (exact) mass is 332 g/mol. The molecule has 1 aromatic heterocycles. The van der Waals surface area contributed by atoms with E-state index in [-0.39, 0.29) is 5.91 Å². The number of ether oxygens (including phenoxy) is 1. The molecule has 2 aromatic rings. The van der Waals surface area contributed by atoms with Crippen LogP contribution in [0, 0.1) is 0 Å². The Morgan fingerprint density at radius 3 is 3.00 bits per heavy atom. The third kappa shape index (κ3) is 2.67. The van der Waals surface area contributed by atoms with Crippen molar-refractivity contribution in [1.29, 1.82) is 0 Å². The Hall–Kier alpha value is -1.88. The zero-order chi connectivity index (χ0) is 13.9.